The van der Waals surface area contributed by atoms with Gasteiger partial charge in [0, 0.05) is 12.2 Å². The van der Waals surface area contributed by atoms with E-state index in [1.807, 2.05) is 6.92 Å². The fourth-order valence-corrected chi connectivity index (χ4v) is 1.08. The summed E-state index contributed by atoms with van der Waals surface area (Å²) in [4.78, 5) is 11.5. The molecule has 0 aliphatic carbocycles. The molecule has 0 radical (unpaired) electrons. The third-order valence-electron chi connectivity index (χ3n) is 2.36. The zero-order valence-electron chi connectivity index (χ0n) is 9.40. The lowest BCUT2D eigenvalue weighted by molar-refractivity contribution is -0.122. The van der Waals surface area contributed by atoms with Crippen molar-refractivity contribution < 1.29 is 4.79 Å². The van der Waals surface area contributed by atoms with E-state index in [0.717, 1.165) is 0 Å². The highest BCUT2D eigenvalue weighted by Crippen LogP contribution is 2.00. The highest BCUT2D eigenvalue weighted by molar-refractivity contribution is 5.75. The minimum Gasteiger partial charge on any atom is -0.382 e. The minimum absolute atomic E-state index is 0.0423. The molecule has 1 atom stereocenters. The molecule has 0 bridgehead atoms. The zero-order chi connectivity index (χ0) is 11.4. The van der Waals surface area contributed by atoms with Crippen molar-refractivity contribution in [2.45, 2.75) is 33.4 Å². The second-order valence-electron chi connectivity index (χ2n) is 4.04. The molecule has 1 rings (SSSR count). The van der Waals surface area contributed by atoms with E-state index in [1.54, 1.807) is 12.3 Å². The number of rotatable bonds is 4. The van der Waals surface area contributed by atoms with Crippen molar-refractivity contribution in [1.82, 2.24) is 15.1 Å². The van der Waals surface area contributed by atoms with Gasteiger partial charge in [-0.15, -0.1) is 0 Å². The van der Waals surface area contributed by atoms with Crippen LogP contribution in [0.3, 0.4) is 0 Å². The second kappa shape index (κ2) is 4.82. The molecule has 0 fully saturated rings. The first-order valence-corrected chi connectivity index (χ1v) is 5.07. The Labute approximate surface area is 89.6 Å². The Bertz CT molecular complexity index is 332. The molecular weight excluding hydrogens is 192 g/mol. The number of amides is 1. The maximum absolute atomic E-state index is 11.5. The molecule has 1 amide bonds. The van der Waals surface area contributed by atoms with E-state index >= 15 is 0 Å². The summed E-state index contributed by atoms with van der Waals surface area (Å²) in [6, 6.07) is 1.84. The van der Waals surface area contributed by atoms with Crippen LogP contribution < -0.4 is 11.1 Å². The Morgan fingerprint density at radius 3 is 2.73 bits per heavy atom. The van der Waals surface area contributed by atoms with Crippen LogP contribution in [0.15, 0.2) is 12.3 Å². The van der Waals surface area contributed by atoms with Crippen molar-refractivity contribution >= 4 is 11.7 Å². The quantitative estimate of drug-likeness (QED) is 0.765. The third-order valence-corrected chi connectivity index (χ3v) is 2.36. The van der Waals surface area contributed by atoms with E-state index < -0.39 is 0 Å². The van der Waals surface area contributed by atoms with Crippen LogP contribution in [0.25, 0.3) is 0 Å². The van der Waals surface area contributed by atoms with Crippen molar-refractivity contribution in [2.24, 2.45) is 5.92 Å². The predicted octanol–water partition coefficient (Wildman–Crippen LogP) is 0.626. The van der Waals surface area contributed by atoms with Gasteiger partial charge in [0.05, 0.1) is 0 Å². The summed E-state index contributed by atoms with van der Waals surface area (Å²) in [7, 11) is 0. The molecule has 0 aromatic carbocycles. The van der Waals surface area contributed by atoms with E-state index in [4.69, 9.17) is 5.73 Å². The van der Waals surface area contributed by atoms with Crippen molar-refractivity contribution in [3.05, 3.63) is 12.3 Å². The molecule has 5 heteroatoms. The van der Waals surface area contributed by atoms with Crippen molar-refractivity contribution in [1.29, 1.82) is 0 Å². The molecule has 15 heavy (non-hydrogen) atoms. The molecule has 1 unspecified atom stereocenters. The fourth-order valence-electron chi connectivity index (χ4n) is 1.08. The summed E-state index contributed by atoms with van der Waals surface area (Å²) in [6.45, 7) is 6.34. The van der Waals surface area contributed by atoms with E-state index in [9.17, 15) is 4.79 Å². The number of hydrogen-bond acceptors (Lipinski definition) is 3. The van der Waals surface area contributed by atoms with Gasteiger partial charge in [0.15, 0.2) is 0 Å². The standard InChI is InChI=1S/C10H18N4O/c1-7(2)8(3)12-10(15)6-14-5-4-9(11)13-14/h4-5,7-8H,6H2,1-3H3,(H2,11,13)(H,12,15). The first kappa shape index (κ1) is 11.6. The predicted molar refractivity (Wildman–Crippen MR) is 59.1 cm³/mol. The lowest BCUT2D eigenvalue weighted by Crippen LogP contribution is -2.38. The van der Waals surface area contributed by atoms with Gasteiger partial charge in [-0.2, -0.15) is 5.10 Å². The fraction of sp³-hybridized carbons (Fsp3) is 0.600. The van der Waals surface area contributed by atoms with Crippen molar-refractivity contribution in [3.8, 4) is 0 Å². The lowest BCUT2D eigenvalue weighted by atomic mass is 10.1. The zero-order valence-corrected chi connectivity index (χ0v) is 9.40. The van der Waals surface area contributed by atoms with Gasteiger partial charge in [0.1, 0.15) is 12.4 Å². The number of nitrogens with two attached hydrogens (primary N) is 1. The summed E-state index contributed by atoms with van der Waals surface area (Å²) < 4.78 is 1.53. The highest BCUT2D eigenvalue weighted by atomic mass is 16.2. The van der Waals surface area contributed by atoms with Crippen molar-refractivity contribution in [3.63, 3.8) is 0 Å². The van der Waals surface area contributed by atoms with Gasteiger partial charge in [-0.3, -0.25) is 9.48 Å². The number of hydrogen-bond donors (Lipinski definition) is 2. The molecule has 84 valence electrons. The summed E-state index contributed by atoms with van der Waals surface area (Å²) >= 11 is 0. The van der Waals surface area contributed by atoms with Gasteiger partial charge in [-0.25, -0.2) is 0 Å². The van der Waals surface area contributed by atoms with Gasteiger partial charge in [-0.05, 0) is 18.9 Å². The van der Waals surface area contributed by atoms with Gasteiger partial charge in [0.25, 0.3) is 0 Å². The van der Waals surface area contributed by atoms with Gasteiger partial charge in [0.2, 0.25) is 5.91 Å². The van der Waals surface area contributed by atoms with Crippen LogP contribution in [0.5, 0.6) is 0 Å². The highest BCUT2D eigenvalue weighted by Gasteiger charge is 2.11. The normalized spacial score (nSPS) is 12.8. The largest absolute Gasteiger partial charge is 0.382 e. The Kier molecular flexibility index (Phi) is 3.71. The Morgan fingerprint density at radius 2 is 2.27 bits per heavy atom. The molecule has 5 nitrogen and oxygen atoms in total. The monoisotopic (exact) mass is 210 g/mol. The maximum atomic E-state index is 11.5. The molecule has 1 aromatic heterocycles. The van der Waals surface area contributed by atoms with E-state index in [0.29, 0.717) is 11.7 Å². The first-order valence-electron chi connectivity index (χ1n) is 5.07. The van der Waals surface area contributed by atoms with Gasteiger partial charge < -0.3 is 11.1 Å². The third kappa shape index (κ3) is 3.61. The molecule has 0 spiro atoms. The topological polar surface area (TPSA) is 72.9 Å². The van der Waals surface area contributed by atoms with Crippen LogP contribution in [-0.2, 0) is 11.3 Å². The van der Waals surface area contributed by atoms with Gasteiger partial charge in [-0.1, -0.05) is 13.8 Å². The number of anilines is 1. The van der Waals surface area contributed by atoms with E-state index in [2.05, 4.69) is 24.3 Å². The van der Waals surface area contributed by atoms with Gasteiger partial charge >= 0.3 is 0 Å². The summed E-state index contributed by atoms with van der Waals surface area (Å²) in [6.07, 6.45) is 1.69. The number of aromatic nitrogens is 2. The minimum atomic E-state index is -0.0423. The molecular formula is C10H18N4O. The number of nitrogens with one attached hydrogen (secondary N) is 1. The van der Waals surface area contributed by atoms with Crippen LogP contribution in [0.2, 0.25) is 0 Å². The average Bonchev–Trinajstić information content (AvgIpc) is 2.50. The molecule has 0 aliphatic rings. The number of carbonyl (C=O) groups excluding carboxylic acids is 1. The molecule has 0 saturated carbocycles. The average molecular weight is 210 g/mol. The molecule has 3 N–H and O–H groups in total. The van der Waals surface area contributed by atoms with Crippen LogP contribution >= 0.6 is 0 Å². The van der Waals surface area contributed by atoms with Crippen LogP contribution in [0.4, 0.5) is 5.82 Å². The number of nitrogens with zero attached hydrogens (tertiary/aromatic N) is 2. The van der Waals surface area contributed by atoms with E-state index in [1.165, 1.54) is 4.68 Å². The SMILES string of the molecule is CC(C)C(C)NC(=O)Cn1ccc(N)n1. The smallest absolute Gasteiger partial charge is 0.241 e. The van der Waals surface area contributed by atoms with Crippen LogP contribution in [0, 0.1) is 5.92 Å². The summed E-state index contributed by atoms with van der Waals surface area (Å²) in [5.41, 5.74) is 5.44. The molecule has 1 heterocycles. The maximum Gasteiger partial charge on any atom is 0.241 e. The number of nitrogen functional groups attached to an aromatic ring is 1. The Hall–Kier alpha value is -1.52. The van der Waals surface area contributed by atoms with Crippen LogP contribution in [-0.4, -0.2) is 21.7 Å². The molecule has 0 aliphatic heterocycles. The van der Waals surface area contributed by atoms with E-state index in [-0.39, 0.29) is 18.5 Å². The molecule has 1 aromatic rings. The summed E-state index contributed by atoms with van der Waals surface area (Å²) in [5, 5.41) is 6.83. The Morgan fingerprint density at radius 1 is 1.60 bits per heavy atom. The lowest BCUT2D eigenvalue weighted by Gasteiger charge is -2.17. The van der Waals surface area contributed by atoms with Crippen molar-refractivity contribution in [2.75, 3.05) is 5.73 Å². The van der Waals surface area contributed by atoms with Crippen LogP contribution in [0.1, 0.15) is 20.8 Å². The Balaban J connectivity index is 2.43. The second-order valence-corrected chi connectivity index (χ2v) is 4.04. The summed E-state index contributed by atoms with van der Waals surface area (Å²) in [5.74, 6) is 0.815. The molecule has 0 saturated heterocycles. The first-order chi connectivity index (χ1) is 6.99. The number of carbonyl (C=O) groups is 1.